The quantitative estimate of drug-likeness (QED) is 0.503. The lowest BCUT2D eigenvalue weighted by atomic mass is 9.88. The van der Waals surface area contributed by atoms with Crippen LogP contribution in [0.25, 0.3) is 11.1 Å². The summed E-state index contributed by atoms with van der Waals surface area (Å²) < 4.78 is 5.43. The molecule has 0 aliphatic heterocycles. The van der Waals surface area contributed by atoms with Gasteiger partial charge in [-0.05, 0) is 53.8 Å². The van der Waals surface area contributed by atoms with Gasteiger partial charge in [0.05, 0.1) is 6.61 Å². The van der Waals surface area contributed by atoms with E-state index in [2.05, 4.69) is 89.6 Å². The van der Waals surface area contributed by atoms with Crippen molar-refractivity contribution >= 4 is 15.9 Å². The van der Waals surface area contributed by atoms with E-state index in [0.717, 1.165) is 5.75 Å². The fraction of sp³-hybridized carbons (Fsp3) is 0.182. The van der Waals surface area contributed by atoms with Crippen LogP contribution in [-0.4, -0.2) is 6.61 Å². The topological polar surface area (TPSA) is 9.23 Å². The minimum atomic E-state index is -0.335. The summed E-state index contributed by atoms with van der Waals surface area (Å²) in [5.41, 5.74) is 7.61. The smallest absolute Gasteiger partial charge is 0.119 e. The van der Waals surface area contributed by atoms with E-state index >= 15 is 0 Å². The highest BCUT2D eigenvalue weighted by molar-refractivity contribution is 9.10. The third-order valence-corrected chi connectivity index (χ3v) is 5.99. The Hall–Kier alpha value is -2.06. The average molecular weight is 379 g/mol. The molecule has 3 aromatic carbocycles. The van der Waals surface area contributed by atoms with E-state index in [-0.39, 0.29) is 4.32 Å². The van der Waals surface area contributed by atoms with Crippen molar-refractivity contribution in [3.63, 3.8) is 0 Å². The highest BCUT2D eigenvalue weighted by atomic mass is 79.9. The summed E-state index contributed by atoms with van der Waals surface area (Å²) in [6.07, 6.45) is 0. The van der Waals surface area contributed by atoms with Gasteiger partial charge in [-0.15, -0.1) is 0 Å². The van der Waals surface area contributed by atoms with Crippen LogP contribution in [0, 0.1) is 6.92 Å². The lowest BCUT2D eigenvalue weighted by molar-refractivity contribution is 0.340. The fourth-order valence-corrected chi connectivity index (χ4v) is 4.55. The zero-order valence-corrected chi connectivity index (χ0v) is 15.4. The molecule has 0 spiro atoms. The number of ether oxygens (including phenoxy) is 1. The van der Waals surface area contributed by atoms with E-state index in [1.165, 1.54) is 33.4 Å². The van der Waals surface area contributed by atoms with Crippen molar-refractivity contribution in [2.75, 3.05) is 6.61 Å². The largest absolute Gasteiger partial charge is 0.494 e. The van der Waals surface area contributed by atoms with E-state index in [4.69, 9.17) is 4.74 Å². The first-order valence-corrected chi connectivity index (χ1v) is 9.07. The Balaban J connectivity index is 2.02. The van der Waals surface area contributed by atoms with Gasteiger partial charge in [0.25, 0.3) is 0 Å². The number of benzene rings is 3. The van der Waals surface area contributed by atoms with E-state index in [1.807, 2.05) is 6.92 Å². The van der Waals surface area contributed by atoms with Gasteiger partial charge in [0, 0.05) is 0 Å². The first kappa shape index (κ1) is 15.5. The molecule has 0 N–H and O–H groups in total. The highest BCUT2D eigenvalue weighted by Crippen LogP contribution is 2.56. The number of alkyl halides is 1. The van der Waals surface area contributed by atoms with Gasteiger partial charge in [-0.3, -0.25) is 0 Å². The fourth-order valence-electron chi connectivity index (χ4n) is 3.63. The third kappa shape index (κ3) is 2.21. The van der Waals surface area contributed by atoms with Crippen molar-refractivity contribution in [3.8, 4) is 16.9 Å². The van der Waals surface area contributed by atoms with Gasteiger partial charge in [0.15, 0.2) is 0 Å². The standard InChI is InChI=1S/C22H19BrO/c1-3-24-17-11-12-19-18-9-4-5-10-20(18)22(23,21(19)14-17)16-8-6-7-15(2)13-16/h4-14H,3H2,1-2H3. The number of hydrogen-bond donors (Lipinski definition) is 0. The molecule has 0 bridgehead atoms. The summed E-state index contributed by atoms with van der Waals surface area (Å²) in [7, 11) is 0. The molecule has 1 aliphatic rings. The van der Waals surface area contributed by atoms with Crippen molar-refractivity contribution in [2.45, 2.75) is 18.2 Å². The predicted octanol–water partition coefficient (Wildman–Crippen LogP) is 6.06. The Morgan fingerprint density at radius 3 is 2.46 bits per heavy atom. The molecule has 120 valence electrons. The summed E-state index contributed by atoms with van der Waals surface area (Å²) in [6, 6.07) is 23.8. The maximum Gasteiger partial charge on any atom is 0.119 e. The van der Waals surface area contributed by atoms with Crippen LogP contribution in [0.15, 0.2) is 66.7 Å². The lowest BCUT2D eigenvalue weighted by Crippen LogP contribution is -2.18. The number of halogens is 1. The lowest BCUT2D eigenvalue weighted by Gasteiger charge is -2.26. The average Bonchev–Trinajstić information content (AvgIpc) is 2.86. The van der Waals surface area contributed by atoms with Crippen molar-refractivity contribution in [3.05, 3.63) is 89.0 Å². The first-order valence-electron chi connectivity index (χ1n) is 8.28. The van der Waals surface area contributed by atoms with Crippen LogP contribution in [0.1, 0.15) is 29.2 Å². The Labute approximate surface area is 151 Å². The molecule has 2 heteroatoms. The monoisotopic (exact) mass is 378 g/mol. The molecule has 1 nitrogen and oxygen atoms in total. The molecule has 24 heavy (non-hydrogen) atoms. The van der Waals surface area contributed by atoms with Crippen LogP contribution in [-0.2, 0) is 4.32 Å². The number of aryl methyl sites for hydroxylation is 1. The van der Waals surface area contributed by atoms with E-state index in [1.54, 1.807) is 0 Å². The van der Waals surface area contributed by atoms with E-state index in [0.29, 0.717) is 6.61 Å². The Kier molecular flexibility index (Phi) is 3.73. The molecule has 0 heterocycles. The number of fused-ring (bicyclic) bond motifs is 3. The van der Waals surface area contributed by atoms with Gasteiger partial charge in [-0.2, -0.15) is 0 Å². The zero-order valence-electron chi connectivity index (χ0n) is 13.8. The maximum atomic E-state index is 5.76. The molecule has 0 fully saturated rings. The first-order chi connectivity index (χ1) is 11.6. The van der Waals surface area contributed by atoms with Gasteiger partial charge in [0.2, 0.25) is 0 Å². The molecule has 1 atom stereocenters. The molecule has 3 aromatic rings. The summed E-state index contributed by atoms with van der Waals surface area (Å²) in [4.78, 5) is 0. The van der Waals surface area contributed by atoms with Crippen molar-refractivity contribution in [1.29, 1.82) is 0 Å². The predicted molar refractivity (Wildman–Crippen MR) is 103 cm³/mol. The molecule has 4 rings (SSSR count). The van der Waals surface area contributed by atoms with Gasteiger partial charge in [-0.1, -0.05) is 76.1 Å². The third-order valence-electron chi connectivity index (χ3n) is 4.68. The zero-order chi connectivity index (χ0) is 16.7. The second kappa shape index (κ2) is 5.78. The molecule has 0 aromatic heterocycles. The van der Waals surface area contributed by atoms with Gasteiger partial charge >= 0.3 is 0 Å². The van der Waals surface area contributed by atoms with Gasteiger partial charge in [-0.25, -0.2) is 0 Å². The van der Waals surface area contributed by atoms with Crippen LogP contribution in [0.4, 0.5) is 0 Å². The maximum absolute atomic E-state index is 5.76. The van der Waals surface area contributed by atoms with E-state index in [9.17, 15) is 0 Å². The second-order valence-corrected chi connectivity index (χ2v) is 7.40. The Morgan fingerprint density at radius 2 is 1.67 bits per heavy atom. The van der Waals surface area contributed by atoms with Crippen LogP contribution >= 0.6 is 15.9 Å². The van der Waals surface area contributed by atoms with E-state index < -0.39 is 0 Å². The van der Waals surface area contributed by atoms with Gasteiger partial charge < -0.3 is 4.74 Å². The van der Waals surface area contributed by atoms with Crippen LogP contribution < -0.4 is 4.74 Å². The SMILES string of the molecule is CCOc1ccc2c(c1)C(Br)(c1cccc(C)c1)c1ccccc1-2. The van der Waals surface area contributed by atoms with Crippen LogP contribution in [0.2, 0.25) is 0 Å². The highest BCUT2D eigenvalue weighted by Gasteiger charge is 2.42. The molecular formula is C22H19BrO. The molecule has 0 amide bonds. The normalized spacial score (nSPS) is 18.1. The summed E-state index contributed by atoms with van der Waals surface area (Å²) in [5.74, 6) is 0.917. The van der Waals surface area contributed by atoms with Crippen LogP contribution in [0.3, 0.4) is 0 Å². The minimum Gasteiger partial charge on any atom is -0.494 e. The van der Waals surface area contributed by atoms with Crippen LogP contribution in [0.5, 0.6) is 5.75 Å². The molecule has 1 aliphatic carbocycles. The summed E-state index contributed by atoms with van der Waals surface area (Å²) >= 11 is 4.12. The molecule has 1 unspecified atom stereocenters. The number of hydrogen-bond acceptors (Lipinski definition) is 1. The second-order valence-electron chi connectivity index (χ2n) is 6.21. The van der Waals surface area contributed by atoms with Crippen molar-refractivity contribution in [1.82, 2.24) is 0 Å². The Morgan fingerprint density at radius 1 is 0.875 bits per heavy atom. The molecule has 0 radical (unpaired) electrons. The van der Waals surface area contributed by atoms with Gasteiger partial charge in [0.1, 0.15) is 10.1 Å². The molecule has 0 saturated heterocycles. The molecule has 0 saturated carbocycles. The van der Waals surface area contributed by atoms with Crippen molar-refractivity contribution < 1.29 is 4.74 Å². The Bertz CT molecular complexity index is 915. The number of rotatable bonds is 3. The summed E-state index contributed by atoms with van der Waals surface area (Å²) in [6.45, 7) is 4.83. The molecular weight excluding hydrogens is 360 g/mol. The van der Waals surface area contributed by atoms with Crippen molar-refractivity contribution in [2.24, 2.45) is 0 Å². The summed E-state index contributed by atoms with van der Waals surface area (Å²) in [5, 5.41) is 0. The minimum absolute atomic E-state index is 0.335.